The van der Waals surface area contributed by atoms with E-state index < -0.39 is 0 Å². The molecule has 0 saturated heterocycles. The molecule has 0 unspecified atom stereocenters. The van der Waals surface area contributed by atoms with Crippen LogP contribution in [0.1, 0.15) is 11.3 Å². The van der Waals surface area contributed by atoms with Crippen molar-refractivity contribution in [3.05, 3.63) is 46.3 Å². The average Bonchev–Trinajstić information content (AvgIpc) is 3.14. The second kappa shape index (κ2) is 7.32. The van der Waals surface area contributed by atoms with Gasteiger partial charge in [-0.1, -0.05) is 27.7 Å². The minimum absolute atomic E-state index is 0.143. The van der Waals surface area contributed by atoms with E-state index in [9.17, 15) is 4.79 Å². The number of hydrogen-bond acceptors (Lipinski definition) is 6. The van der Waals surface area contributed by atoms with Crippen LogP contribution in [-0.4, -0.2) is 26.5 Å². The van der Waals surface area contributed by atoms with Gasteiger partial charge in [-0.2, -0.15) is 0 Å². The summed E-state index contributed by atoms with van der Waals surface area (Å²) in [7, 11) is 0. The van der Waals surface area contributed by atoms with Crippen LogP contribution in [0.2, 0.25) is 0 Å². The van der Waals surface area contributed by atoms with Gasteiger partial charge in [0.15, 0.2) is 5.82 Å². The van der Waals surface area contributed by atoms with Crippen LogP contribution in [-0.2, 0) is 4.79 Å². The summed E-state index contributed by atoms with van der Waals surface area (Å²) in [5.41, 5.74) is 2.57. The normalized spacial score (nSPS) is 10.8. The Balaban J connectivity index is 1.64. The molecule has 3 rings (SSSR count). The molecule has 0 fully saturated rings. The van der Waals surface area contributed by atoms with Gasteiger partial charge in [0.2, 0.25) is 11.1 Å². The van der Waals surface area contributed by atoms with E-state index in [1.807, 2.05) is 32.0 Å². The van der Waals surface area contributed by atoms with E-state index in [0.29, 0.717) is 16.7 Å². The third-order valence-electron chi connectivity index (χ3n) is 3.54. The fourth-order valence-electron chi connectivity index (χ4n) is 2.23. The van der Waals surface area contributed by atoms with E-state index in [1.165, 1.54) is 16.4 Å². The molecule has 0 saturated carbocycles. The minimum atomic E-state index is -0.143. The SMILES string of the molecule is Cc1cc(NC(=O)CSc2nnc(-c3ccoc3C)n2N)ccc1Br. The van der Waals surface area contributed by atoms with Crippen molar-refractivity contribution in [3.63, 3.8) is 0 Å². The molecular formula is C16H16BrN5O2S. The Bertz CT molecular complexity index is 921. The number of anilines is 1. The average molecular weight is 422 g/mol. The van der Waals surface area contributed by atoms with Crippen LogP contribution >= 0.6 is 27.7 Å². The minimum Gasteiger partial charge on any atom is -0.469 e. The zero-order valence-electron chi connectivity index (χ0n) is 13.6. The number of aryl methyl sites for hydroxylation is 2. The number of thioether (sulfide) groups is 1. The lowest BCUT2D eigenvalue weighted by Gasteiger charge is -2.07. The number of amides is 1. The van der Waals surface area contributed by atoms with Crippen LogP contribution in [0.15, 0.2) is 44.6 Å². The second-order valence-corrected chi connectivity index (χ2v) is 7.16. The number of furan rings is 1. The predicted octanol–water partition coefficient (Wildman–Crippen LogP) is 3.36. The van der Waals surface area contributed by atoms with Crippen molar-refractivity contribution in [1.29, 1.82) is 0 Å². The van der Waals surface area contributed by atoms with Crippen LogP contribution in [0, 0.1) is 13.8 Å². The number of carbonyl (C=O) groups is 1. The summed E-state index contributed by atoms with van der Waals surface area (Å²) >= 11 is 4.65. The van der Waals surface area contributed by atoms with Gasteiger partial charge >= 0.3 is 0 Å². The van der Waals surface area contributed by atoms with Gasteiger partial charge < -0.3 is 15.6 Å². The number of nitrogens with zero attached hydrogens (tertiary/aromatic N) is 3. The fraction of sp³-hybridized carbons (Fsp3) is 0.188. The zero-order valence-corrected chi connectivity index (χ0v) is 16.0. The van der Waals surface area contributed by atoms with Crippen molar-refractivity contribution in [2.75, 3.05) is 16.9 Å². The number of nitrogen functional groups attached to an aromatic ring is 1. The summed E-state index contributed by atoms with van der Waals surface area (Å²) in [5, 5.41) is 11.4. The molecule has 130 valence electrons. The van der Waals surface area contributed by atoms with Gasteiger partial charge in [0.05, 0.1) is 17.6 Å². The molecule has 3 aromatic rings. The van der Waals surface area contributed by atoms with E-state index in [0.717, 1.165) is 21.3 Å². The molecule has 0 aliphatic rings. The van der Waals surface area contributed by atoms with E-state index >= 15 is 0 Å². The van der Waals surface area contributed by atoms with Gasteiger partial charge in [0.25, 0.3) is 0 Å². The van der Waals surface area contributed by atoms with Gasteiger partial charge in [-0.05, 0) is 43.7 Å². The van der Waals surface area contributed by atoms with E-state index in [4.69, 9.17) is 10.3 Å². The maximum Gasteiger partial charge on any atom is 0.234 e. The van der Waals surface area contributed by atoms with Crippen molar-refractivity contribution in [3.8, 4) is 11.4 Å². The molecule has 0 aliphatic carbocycles. The molecular weight excluding hydrogens is 406 g/mol. The number of rotatable bonds is 5. The number of hydrogen-bond donors (Lipinski definition) is 2. The maximum atomic E-state index is 12.1. The summed E-state index contributed by atoms with van der Waals surface area (Å²) in [6, 6.07) is 7.41. The molecule has 9 heteroatoms. The zero-order chi connectivity index (χ0) is 18.0. The van der Waals surface area contributed by atoms with Crippen LogP contribution in [0.3, 0.4) is 0 Å². The monoisotopic (exact) mass is 421 g/mol. The first kappa shape index (κ1) is 17.6. The van der Waals surface area contributed by atoms with Crippen molar-refractivity contribution in [1.82, 2.24) is 14.9 Å². The molecule has 0 spiro atoms. The highest BCUT2D eigenvalue weighted by molar-refractivity contribution is 9.10. The molecule has 0 atom stereocenters. The molecule has 0 radical (unpaired) electrons. The molecule has 1 aromatic carbocycles. The summed E-state index contributed by atoms with van der Waals surface area (Å²) in [6.45, 7) is 3.79. The summed E-state index contributed by atoms with van der Waals surface area (Å²) in [5.74, 6) is 7.27. The van der Waals surface area contributed by atoms with Gasteiger partial charge in [0.1, 0.15) is 5.76 Å². The lowest BCUT2D eigenvalue weighted by Crippen LogP contribution is -2.16. The maximum absolute atomic E-state index is 12.1. The van der Waals surface area contributed by atoms with E-state index in [2.05, 4.69) is 31.4 Å². The highest BCUT2D eigenvalue weighted by Crippen LogP contribution is 2.25. The van der Waals surface area contributed by atoms with Gasteiger partial charge in [-0.25, -0.2) is 4.68 Å². The highest BCUT2D eigenvalue weighted by Gasteiger charge is 2.16. The largest absolute Gasteiger partial charge is 0.469 e. The lowest BCUT2D eigenvalue weighted by atomic mass is 10.2. The molecule has 25 heavy (non-hydrogen) atoms. The third kappa shape index (κ3) is 3.88. The third-order valence-corrected chi connectivity index (χ3v) is 5.37. The standard InChI is InChI=1S/C16H16BrN5O2S/c1-9-7-11(3-4-13(9)17)19-14(23)8-25-16-21-20-15(22(16)18)12-5-6-24-10(12)2/h3-7H,8,18H2,1-2H3,(H,19,23). The van der Waals surface area contributed by atoms with Crippen LogP contribution in [0.25, 0.3) is 11.4 Å². The number of halogens is 1. The highest BCUT2D eigenvalue weighted by atomic mass is 79.9. The number of carbonyl (C=O) groups excluding carboxylic acids is 1. The van der Waals surface area contributed by atoms with Gasteiger partial charge in [0, 0.05) is 10.2 Å². The fourth-order valence-corrected chi connectivity index (χ4v) is 3.13. The van der Waals surface area contributed by atoms with Crippen LogP contribution in [0.4, 0.5) is 5.69 Å². The van der Waals surface area contributed by atoms with Crippen molar-refractivity contribution in [2.45, 2.75) is 19.0 Å². The van der Waals surface area contributed by atoms with E-state index in [-0.39, 0.29) is 11.7 Å². The number of aromatic nitrogens is 3. The van der Waals surface area contributed by atoms with Gasteiger partial charge in [-0.15, -0.1) is 10.2 Å². The lowest BCUT2D eigenvalue weighted by molar-refractivity contribution is -0.113. The van der Waals surface area contributed by atoms with Crippen molar-refractivity contribution in [2.24, 2.45) is 0 Å². The Morgan fingerprint density at radius 2 is 2.16 bits per heavy atom. The Kier molecular flexibility index (Phi) is 5.14. The first-order valence-electron chi connectivity index (χ1n) is 7.39. The van der Waals surface area contributed by atoms with Gasteiger partial charge in [-0.3, -0.25) is 4.79 Å². The molecule has 1 amide bonds. The Morgan fingerprint density at radius 1 is 1.36 bits per heavy atom. The Labute approximate surface area is 157 Å². The number of benzene rings is 1. The first-order chi connectivity index (χ1) is 12.0. The van der Waals surface area contributed by atoms with Crippen molar-refractivity contribution < 1.29 is 9.21 Å². The molecule has 0 bridgehead atoms. The number of nitrogens with two attached hydrogens (primary N) is 1. The molecule has 7 nitrogen and oxygen atoms in total. The molecule has 2 aromatic heterocycles. The Morgan fingerprint density at radius 3 is 2.84 bits per heavy atom. The van der Waals surface area contributed by atoms with Crippen LogP contribution < -0.4 is 11.2 Å². The topological polar surface area (TPSA) is 99.0 Å². The van der Waals surface area contributed by atoms with Crippen LogP contribution in [0.5, 0.6) is 0 Å². The quantitative estimate of drug-likeness (QED) is 0.483. The number of nitrogens with one attached hydrogen (secondary N) is 1. The first-order valence-corrected chi connectivity index (χ1v) is 9.17. The van der Waals surface area contributed by atoms with Crippen molar-refractivity contribution >= 4 is 39.3 Å². The second-order valence-electron chi connectivity index (χ2n) is 5.37. The molecule has 2 heterocycles. The smallest absolute Gasteiger partial charge is 0.234 e. The Hall–Kier alpha value is -2.26. The summed E-state index contributed by atoms with van der Waals surface area (Å²) < 4.78 is 7.61. The van der Waals surface area contributed by atoms with E-state index in [1.54, 1.807) is 12.3 Å². The molecule has 0 aliphatic heterocycles. The summed E-state index contributed by atoms with van der Waals surface area (Å²) in [4.78, 5) is 12.1. The summed E-state index contributed by atoms with van der Waals surface area (Å²) in [6.07, 6.45) is 1.57. The molecule has 3 N–H and O–H groups in total. The predicted molar refractivity (Wildman–Crippen MR) is 101 cm³/mol.